The Balaban J connectivity index is 2.80. The lowest BCUT2D eigenvalue weighted by atomic mass is 10.2. The number of nitrogens with one attached hydrogen (secondary N) is 1. The summed E-state index contributed by atoms with van der Waals surface area (Å²) in [6.07, 6.45) is 0. The number of rotatable bonds is 7. The number of likely N-dealkylation sites (N-methyl/N-ethyl adjacent to an activating group) is 1. The molecule has 1 unspecified atom stereocenters. The second-order valence-corrected chi connectivity index (χ2v) is 4.45. The zero-order chi connectivity index (χ0) is 15.1. The molecule has 0 aliphatic heterocycles. The topological polar surface area (TPSA) is 50.8 Å². The quantitative estimate of drug-likeness (QED) is 0.833. The van der Waals surface area contributed by atoms with Crippen molar-refractivity contribution in [3.63, 3.8) is 0 Å². The van der Waals surface area contributed by atoms with Crippen molar-refractivity contribution in [2.45, 2.75) is 26.8 Å². The van der Waals surface area contributed by atoms with Gasteiger partial charge in [0.15, 0.2) is 11.5 Å². The number of nitrogens with zero attached hydrogens (tertiary/aromatic N) is 1. The summed E-state index contributed by atoms with van der Waals surface area (Å²) >= 11 is 0. The number of methoxy groups -OCH3 is 2. The van der Waals surface area contributed by atoms with Crippen molar-refractivity contribution in [3.05, 3.63) is 18.2 Å². The number of anilines is 1. The van der Waals surface area contributed by atoms with Crippen LogP contribution in [0.1, 0.15) is 20.8 Å². The predicted octanol–water partition coefficient (Wildman–Crippen LogP) is 2.37. The molecule has 0 spiro atoms. The van der Waals surface area contributed by atoms with Gasteiger partial charge in [-0.15, -0.1) is 0 Å². The van der Waals surface area contributed by atoms with E-state index in [0.717, 1.165) is 5.69 Å². The normalized spacial score (nSPS) is 11.7. The van der Waals surface area contributed by atoms with Crippen molar-refractivity contribution in [3.8, 4) is 11.5 Å². The molecule has 1 aromatic carbocycles. The minimum Gasteiger partial charge on any atom is -0.493 e. The lowest BCUT2D eigenvalue weighted by Crippen LogP contribution is -2.41. The number of hydrogen-bond acceptors (Lipinski definition) is 4. The van der Waals surface area contributed by atoms with Crippen LogP contribution in [0.2, 0.25) is 0 Å². The summed E-state index contributed by atoms with van der Waals surface area (Å²) < 4.78 is 10.4. The molecule has 0 fully saturated rings. The third kappa shape index (κ3) is 3.79. The van der Waals surface area contributed by atoms with Crippen molar-refractivity contribution in [2.75, 3.05) is 32.6 Å². The average Bonchev–Trinajstić information content (AvgIpc) is 2.48. The Morgan fingerprint density at radius 2 is 1.80 bits per heavy atom. The van der Waals surface area contributed by atoms with E-state index in [0.29, 0.717) is 24.6 Å². The Labute approximate surface area is 120 Å². The zero-order valence-electron chi connectivity index (χ0n) is 12.9. The van der Waals surface area contributed by atoms with Crippen LogP contribution in [-0.4, -0.2) is 44.2 Å². The molecule has 0 aliphatic carbocycles. The van der Waals surface area contributed by atoms with Gasteiger partial charge < -0.3 is 19.7 Å². The van der Waals surface area contributed by atoms with Crippen LogP contribution in [0, 0.1) is 0 Å². The molecule has 5 nitrogen and oxygen atoms in total. The van der Waals surface area contributed by atoms with Crippen LogP contribution in [0.4, 0.5) is 5.69 Å². The van der Waals surface area contributed by atoms with Gasteiger partial charge in [0.2, 0.25) is 5.91 Å². The average molecular weight is 280 g/mol. The van der Waals surface area contributed by atoms with Gasteiger partial charge >= 0.3 is 0 Å². The SMILES string of the molecule is CCN(CC)C(=O)C(C)Nc1ccc(OC)c(OC)c1. The van der Waals surface area contributed by atoms with E-state index >= 15 is 0 Å². The largest absolute Gasteiger partial charge is 0.493 e. The van der Waals surface area contributed by atoms with Crippen molar-refractivity contribution in [1.82, 2.24) is 4.90 Å². The van der Waals surface area contributed by atoms with Gasteiger partial charge in [-0.3, -0.25) is 4.79 Å². The second kappa shape index (κ2) is 7.62. The van der Waals surface area contributed by atoms with Crippen LogP contribution in [0.3, 0.4) is 0 Å². The molecule has 0 heterocycles. The molecule has 1 amide bonds. The molecule has 0 aliphatic rings. The van der Waals surface area contributed by atoms with E-state index in [9.17, 15) is 4.79 Å². The monoisotopic (exact) mass is 280 g/mol. The van der Waals surface area contributed by atoms with Gasteiger partial charge in [0.1, 0.15) is 6.04 Å². The summed E-state index contributed by atoms with van der Waals surface area (Å²) in [7, 11) is 3.18. The van der Waals surface area contributed by atoms with E-state index in [1.165, 1.54) is 0 Å². The van der Waals surface area contributed by atoms with Gasteiger partial charge in [-0.2, -0.15) is 0 Å². The predicted molar refractivity (Wildman–Crippen MR) is 80.6 cm³/mol. The van der Waals surface area contributed by atoms with E-state index in [1.54, 1.807) is 19.1 Å². The molecule has 0 radical (unpaired) electrons. The summed E-state index contributed by atoms with van der Waals surface area (Å²) in [6.45, 7) is 7.24. The van der Waals surface area contributed by atoms with Crippen molar-refractivity contribution < 1.29 is 14.3 Å². The van der Waals surface area contributed by atoms with Gasteiger partial charge in [0.25, 0.3) is 0 Å². The summed E-state index contributed by atoms with van der Waals surface area (Å²) in [4.78, 5) is 14.0. The number of carbonyl (C=O) groups is 1. The van der Waals surface area contributed by atoms with E-state index in [1.807, 2.05) is 39.0 Å². The second-order valence-electron chi connectivity index (χ2n) is 4.45. The Morgan fingerprint density at radius 3 is 2.30 bits per heavy atom. The molecule has 5 heteroatoms. The van der Waals surface area contributed by atoms with Crippen LogP contribution >= 0.6 is 0 Å². The van der Waals surface area contributed by atoms with Crippen molar-refractivity contribution >= 4 is 11.6 Å². The number of amides is 1. The number of carbonyl (C=O) groups excluding carboxylic acids is 1. The molecule has 1 aromatic rings. The first-order chi connectivity index (χ1) is 9.57. The molecule has 0 saturated carbocycles. The zero-order valence-corrected chi connectivity index (χ0v) is 12.9. The van der Waals surface area contributed by atoms with Crippen molar-refractivity contribution in [1.29, 1.82) is 0 Å². The molecule has 0 saturated heterocycles. The molecule has 0 bridgehead atoms. The van der Waals surface area contributed by atoms with Crippen LogP contribution in [-0.2, 0) is 4.79 Å². The van der Waals surface area contributed by atoms with Gasteiger partial charge in [-0.1, -0.05) is 0 Å². The third-order valence-corrected chi connectivity index (χ3v) is 3.21. The Kier molecular flexibility index (Phi) is 6.15. The number of ether oxygens (including phenoxy) is 2. The van der Waals surface area contributed by atoms with E-state index < -0.39 is 0 Å². The lowest BCUT2D eigenvalue weighted by molar-refractivity contribution is -0.131. The lowest BCUT2D eigenvalue weighted by Gasteiger charge is -2.24. The number of benzene rings is 1. The molecule has 0 aromatic heterocycles. The minimum atomic E-state index is -0.284. The molecule has 112 valence electrons. The molecular formula is C15H24N2O3. The third-order valence-electron chi connectivity index (χ3n) is 3.21. The first kappa shape index (κ1) is 16.1. The smallest absolute Gasteiger partial charge is 0.244 e. The first-order valence-corrected chi connectivity index (χ1v) is 6.84. The van der Waals surface area contributed by atoms with Gasteiger partial charge in [-0.05, 0) is 32.9 Å². The maximum atomic E-state index is 12.2. The molecular weight excluding hydrogens is 256 g/mol. The summed E-state index contributed by atoms with van der Waals surface area (Å²) in [5, 5.41) is 3.19. The molecule has 1 atom stereocenters. The van der Waals surface area contributed by atoms with Crippen LogP contribution in [0.25, 0.3) is 0 Å². The van der Waals surface area contributed by atoms with Crippen LogP contribution in [0.5, 0.6) is 11.5 Å². The van der Waals surface area contributed by atoms with Crippen LogP contribution in [0.15, 0.2) is 18.2 Å². The summed E-state index contributed by atoms with van der Waals surface area (Å²) in [5.41, 5.74) is 0.829. The number of hydrogen-bond donors (Lipinski definition) is 1. The van der Waals surface area contributed by atoms with Gasteiger partial charge in [0, 0.05) is 24.8 Å². The Bertz CT molecular complexity index is 445. The maximum absolute atomic E-state index is 12.2. The first-order valence-electron chi connectivity index (χ1n) is 6.84. The minimum absolute atomic E-state index is 0.0878. The highest BCUT2D eigenvalue weighted by Crippen LogP contribution is 2.30. The Hall–Kier alpha value is -1.91. The highest BCUT2D eigenvalue weighted by atomic mass is 16.5. The fraction of sp³-hybridized carbons (Fsp3) is 0.533. The summed E-state index contributed by atoms with van der Waals surface area (Å²) in [5.74, 6) is 1.39. The summed E-state index contributed by atoms with van der Waals surface area (Å²) in [6, 6.07) is 5.22. The molecule has 1 N–H and O–H groups in total. The van der Waals surface area contributed by atoms with Gasteiger partial charge in [-0.25, -0.2) is 0 Å². The molecule has 1 rings (SSSR count). The Morgan fingerprint density at radius 1 is 1.20 bits per heavy atom. The van der Waals surface area contributed by atoms with E-state index in [4.69, 9.17) is 9.47 Å². The fourth-order valence-electron chi connectivity index (χ4n) is 2.05. The highest BCUT2D eigenvalue weighted by molar-refractivity contribution is 5.84. The van der Waals surface area contributed by atoms with Crippen molar-refractivity contribution in [2.24, 2.45) is 0 Å². The molecule has 20 heavy (non-hydrogen) atoms. The maximum Gasteiger partial charge on any atom is 0.244 e. The van der Waals surface area contributed by atoms with Crippen LogP contribution < -0.4 is 14.8 Å². The van der Waals surface area contributed by atoms with Gasteiger partial charge in [0.05, 0.1) is 14.2 Å². The standard InChI is InChI=1S/C15H24N2O3/c1-6-17(7-2)15(18)11(3)16-12-8-9-13(19-4)14(10-12)20-5/h8-11,16H,6-7H2,1-5H3. The van der Waals surface area contributed by atoms with E-state index in [2.05, 4.69) is 5.32 Å². The highest BCUT2D eigenvalue weighted by Gasteiger charge is 2.18. The fourth-order valence-corrected chi connectivity index (χ4v) is 2.05. The van der Waals surface area contributed by atoms with E-state index in [-0.39, 0.29) is 11.9 Å².